The first-order valence-electron chi connectivity index (χ1n) is 7.29. The van der Waals surface area contributed by atoms with Gasteiger partial charge in [-0.2, -0.15) is 0 Å². The van der Waals surface area contributed by atoms with Crippen molar-refractivity contribution in [3.05, 3.63) is 23.8 Å². The lowest BCUT2D eigenvalue weighted by Crippen LogP contribution is -2.11. The van der Waals surface area contributed by atoms with Gasteiger partial charge in [-0.25, -0.2) is 4.79 Å². The normalized spacial score (nSPS) is 26.0. The molecule has 0 spiro atoms. The summed E-state index contributed by atoms with van der Waals surface area (Å²) in [5.74, 6) is -0.275. The fraction of sp³-hybridized carbons (Fsp3) is 0.688. The third-order valence-electron chi connectivity index (χ3n) is 3.58. The Morgan fingerprint density at radius 1 is 1.45 bits per heavy atom. The van der Waals surface area contributed by atoms with Gasteiger partial charge in [-0.1, -0.05) is 17.7 Å². The zero-order valence-electron chi connectivity index (χ0n) is 12.7. The van der Waals surface area contributed by atoms with E-state index in [4.69, 9.17) is 14.6 Å². The predicted octanol–water partition coefficient (Wildman–Crippen LogP) is 2.76. The molecule has 0 amide bonds. The minimum absolute atomic E-state index is 0.0173. The van der Waals surface area contributed by atoms with Crippen molar-refractivity contribution < 1.29 is 19.4 Å². The first-order chi connectivity index (χ1) is 9.51. The molecule has 20 heavy (non-hydrogen) atoms. The van der Waals surface area contributed by atoms with E-state index in [1.807, 2.05) is 13.0 Å². The van der Waals surface area contributed by atoms with Gasteiger partial charge in [0.15, 0.2) is 0 Å². The molecule has 0 unspecified atom stereocenters. The van der Waals surface area contributed by atoms with Gasteiger partial charge < -0.3 is 14.6 Å². The molecule has 0 bridgehead atoms. The van der Waals surface area contributed by atoms with Crippen molar-refractivity contribution >= 4 is 5.97 Å². The van der Waals surface area contributed by atoms with Crippen molar-refractivity contribution in [1.29, 1.82) is 0 Å². The van der Waals surface area contributed by atoms with Gasteiger partial charge in [-0.15, -0.1) is 0 Å². The fourth-order valence-corrected chi connectivity index (χ4v) is 2.13. The molecule has 4 heteroatoms. The average Bonchev–Trinajstić information content (AvgIpc) is 3.06. The number of epoxide rings is 1. The summed E-state index contributed by atoms with van der Waals surface area (Å²) in [4.78, 5) is 11.1. The van der Waals surface area contributed by atoms with Crippen molar-refractivity contribution in [3.8, 4) is 0 Å². The lowest BCUT2D eigenvalue weighted by atomic mass is 10.00. The fourth-order valence-electron chi connectivity index (χ4n) is 2.13. The van der Waals surface area contributed by atoms with Crippen LogP contribution in [0.25, 0.3) is 0 Å². The third kappa shape index (κ3) is 5.88. The second-order valence-corrected chi connectivity index (χ2v) is 5.38. The van der Waals surface area contributed by atoms with Crippen LogP contribution in [-0.4, -0.2) is 36.0 Å². The van der Waals surface area contributed by atoms with Crippen LogP contribution in [0.2, 0.25) is 0 Å². The quantitative estimate of drug-likeness (QED) is 0.306. The largest absolute Gasteiger partial charge is 0.463 e. The van der Waals surface area contributed by atoms with Crippen molar-refractivity contribution in [2.75, 3.05) is 13.2 Å². The molecule has 1 fully saturated rings. The Morgan fingerprint density at radius 3 is 2.80 bits per heavy atom. The van der Waals surface area contributed by atoms with E-state index >= 15 is 0 Å². The van der Waals surface area contributed by atoms with Gasteiger partial charge in [-0.05, 0) is 46.5 Å². The van der Waals surface area contributed by atoms with Crippen molar-refractivity contribution in [1.82, 2.24) is 0 Å². The molecule has 114 valence electrons. The van der Waals surface area contributed by atoms with E-state index in [2.05, 4.69) is 13.0 Å². The Bertz CT molecular complexity index is 373. The predicted molar refractivity (Wildman–Crippen MR) is 78.4 cm³/mol. The Hall–Kier alpha value is -1.13. The average molecular weight is 282 g/mol. The van der Waals surface area contributed by atoms with Crippen LogP contribution in [0.5, 0.6) is 0 Å². The lowest BCUT2D eigenvalue weighted by Gasteiger charge is -2.04. The summed E-state index contributed by atoms with van der Waals surface area (Å²) in [7, 11) is 0. The number of ether oxygens (including phenoxy) is 2. The molecule has 0 aromatic rings. The summed E-state index contributed by atoms with van der Waals surface area (Å²) in [5, 5.41) is 8.99. The Balaban J connectivity index is 2.15. The van der Waals surface area contributed by atoms with Gasteiger partial charge in [0.1, 0.15) is 6.10 Å². The third-order valence-corrected chi connectivity index (χ3v) is 3.58. The molecule has 0 aromatic heterocycles. The molecule has 0 aliphatic carbocycles. The molecule has 1 heterocycles. The lowest BCUT2D eigenvalue weighted by molar-refractivity contribution is -0.137. The van der Waals surface area contributed by atoms with Crippen molar-refractivity contribution in [3.63, 3.8) is 0 Å². The summed E-state index contributed by atoms with van der Waals surface area (Å²) in [6, 6.07) is 0. The molecule has 0 aromatic carbocycles. The van der Waals surface area contributed by atoms with Gasteiger partial charge in [-0.3, -0.25) is 0 Å². The van der Waals surface area contributed by atoms with Gasteiger partial charge in [0.05, 0.1) is 18.8 Å². The zero-order valence-corrected chi connectivity index (χ0v) is 12.7. The second-order valence-electron chi connectivity index (χ2n) is 5.38. The highest BCUT2D eigenvalue weighted by atomic mass is 16.6. The minimum Gasteiger partial charge on any atom is -0.463 e. The number of rotatable bonds is 9. The van der Waals surface area contributed by atoms with E-state index in [0.29, 0.717) is 6.61 Å². The van der Waals surface area contributed by atoms with E-state index in [-0.39, 0.29) is 24.3 Å². The summed E-state index contributed by atoms with van der Waals surface area (Å²) in [6.45, 7) is 6.45. The van der Waals surface area contributed by atoms with E-state index in [1.54, 1.807) is 6.92 Å². The van der Waals surface area contributed by atoms with Crippen LogP contribution in [-0.2, 0) is 14.3 Å². The number of aliphatic hydroxyl groups is 1. The topological polar surface area (TPSA) is 59.1 Å². The number of esters is 1. The molecule has 2 atom stereocenters. The number of aliphatic hydroxyl groups excluding tert-OH is 1. The molecule has 1 aliphatic heterocycles. The standard InChI is InChI=1S/C16H26O4/c1-4-19-15(18)10-6-5-8-13(2)9-7-11-16(3)14(12-17)20-16/h6,9-10,14,17H,4-5,7-8,11-12H2,1-3H3/b10-6+,13-9+/t14-,16+/m0/s1. The van der Waals surface area contributed by atoms with Crippen molar-refractivity contribution in [2.24, 2.45) is 0 Å². The Morgan fingerprint density at radius 2 is 2.20 bits per heavy atom. The number of hydrogen-bond acceptors (Lipinski definition) is 4. The molecule has 4 nitrogen and oxygen atoms in total. The van der Waals surface area contributed by atoms with Crippen LogP contribution in [0.3, 0.4) is 0 Å². The highest BCUT2D eigenvalue weighted by Crippen LogP contribution is 2.39. The molecule has 1 rings (SSSR count). The minimum atomic E-state index is -0.275. The second kappa shape index (κ2) is 8.22. The molecule has 1 saturated heterocycles. The molecule has 1 aliphatic rings. The molecular formula is C16H26O4. The van der Waals surface area contributed by atoms with Gasteiger partial charge in [0, 0.05) is 6.08 Å². The van der Waals surface area contributed by atoms with Crippen LogP contribution >= 0.6 is 0 Å². The van der Waals surface area contributed by atoms with E-state index < -0.39 is 0 Å². The Labute approximate surface area is 121 Å². The first-order valence-corrected chi connectivity index (χ1v) is 7.29. The first kappa shape index (κ1) is 16.9. The highest BCUT2D eigenvalue weighted by molar-refractivity contribution is 5.81. The van der Waals surface area contributed by atoms with Gasteiger partial charge in [0.25, 0.3) is 0 Å². The summed E-state index contributed by atoms with van der Waals surface area (Å²) >= 11 is 0. The maximum absolute atomic E-state index is 11.1. The SMILES string of the molecule is CCOC(=O)/C=C/CC/C(C)=C/CC[C@@]1(C)O[C@H]1CO. The summed E-state index contributed by atoms with van der Waals surface area (Å²) in [6.07, 6.45) is 9.24. The van der Waals surface area contributed by atoms with Crippen molar-refractivity contribution in [2.45, 2.75) is 58.2 Å². The number of carbonyl (C=O) groups is 1. The summed E-state index contributed by atoms with van der Waals surface area (Å²) in [5.41, 5.74) is 1.18. The van der Waals surface area contributed by atoms with Crippen LogP contribution < -0.4 is 0 Å². The molecule has 0 radical (unpaired) electrons. The maximum Gasteiger partial charge on any atom is 0.330 e. The van der Waals surface area contributed by atoms with Crippen LogP contribution in [0, 0.1) is 0 Å². The van der Waals surface area contributed by atoms with E-state index in [1.165, 1.54) is 11.6 Å². The number of hydrogen-bond donors (Lipinski definition) is 1. The van der Waals surface area contributed by atoms with E-state index in [0.717, 1.165) is 25.7 Å². The smallest absolute Gasteiger partial charge is 0.330 e. The molecular weight excluding hydrogens is 256 g/mol. The number of carbonyl (C=O) groups excluding carboxylic acids is 1. The van der Waals surface area contributed by atoms with E-state index in [9.17, 15) is 4.79 Å². The van der Waals surface area contributed by atoms with Gasteiger partial charge >= 0.3 is 5.97 Å². The summed E-state index contributed by atoms with van der Waals surface area (Å²) < 4.78 is 10.2. The van der Waals surface area contributed by atoms with Gasteiger partial charge in [0.2, 0.25) is 0 Å². The molecule has 1 N–H and O–H groups in total. The van der Waals surface area contributed by atoms with Crippen LogP contribution in [0.15, 0.2) is 23.8 Å². The van der Waals surface area contributed by atoms with Crippen LogP contribution in [0.4, 0.5) is 0 Å². The maximum atomic E-state index is 11.1. The van der Waals surface area contributed by atoms with Crippen LogP contribution in [0.1, 0.15) is 46.5 Å². The molecule has 0 saturated carbocycles. The monoisotopic (exact) mass is 282 g/mol. The number of allylic oxidation sites excluding steroid dienone is 3. The highest BCUT2D eigenvalue weighted by Gasteiger charge is 2.50. The Kier molecular flexibility index (Phi) is 6.96. The zero-order chi connectivity index (χ0) is 15.0.